The van der Waals surface area contributed by atoms with Gasteiger partial charge in [-0.25, -0.2) is 4.39 Å². The number of rotatable bonds is 10. The van der Waals surface area contributed by atoms with Crippen LogP contribution >= 0.6 is 0 Å². The molecule has 27 heavy (non-hydrogen) atoms. The van der Waals surface area contributed by atoms with Crippen molar-refractivity contribution in [2.75, 3.05) is 19.6 Å². The third kappa shape index (κ3) is 6.63. The van der Waals surface area contributed by atoms with Crippen molar-refractivity contribution in [3.8, 4) is 0 Å². The first-order valence-corrected chi connectivity index (χ1v) is 9.59. The van der Waals surface area contributed by atoms with E-state index in [2.05, 4.69) is 59.2 Å². The molecule has 0 saturated carbocycles. The summed E-state index contributed by atoms with van der Waals surface area (Å²) in [5, 5.41) is 7.22. The standard InChI is InChI=1S/C24H27FN2/c25-23-13-11-21(12-14-23)16-18-27-24(22-9-5-2-6-10-22)19-26-17-15-20-7-3-1-4-8-20/h1-14,24,26-27H,15-19H2. The summed E-state index contributed by atoms with van der Waals surface area (Å²) < 4.78 is 13.0. The maximum atomic E-state index is 13.0. The summed E-state index contributed by atoms with van der Waals surface area (Å²) in [5.41, 5.74) is 3.78. The van der Waals surface area contributed by atoms with Gasteiger partial charge in [-0.3, -0.25) is 0 Å². The average molecular weight is 362 g/mol. The van der Waals surface area contributed by atoms with E-state index in [4.69, 9.17) is 0 Å². The molecule has 2 nitrogen and oxygen atoms in total. The fraction of sp³-hybridized carbons (Fsp3) is 0.250. The minimum atomic E-state index is -0.184. The lowest BCUT2D eigenvalue weighted by atomic mass is 10.1. The molecule has 0 aliphatic carbocycles. The fourth-order valence-electron chi connectivity index (χ4n) is 3.16. The van der Waals surface area contributed by atoms with E-state index in [9.17, 15) is 4.39 Å². The molecule has 0 aliphatic heterocycles. The van der Waals surface area contributed by atoms with Crippen LogP contribution in [0.4, 0.5) is 4.39 Å². The van der Waals surface area contributed by atoms with Crippen LogP contribution in [-0.2, 0) is 12.8 Å². The summed E-state index contributed by atoms with van der Waals surface area (Å²) in [5.74, 6) is -0.184. The Hall–Kier alpha value is -2.49. The molecule has 0 heterocycles. The smallest absolute Gasteiger partial charge is 0.123 e. The minimum Gasteiger partial charge on any atom is -0.315 e. The van der Waals surface area contributed by atoms with Crippen LogP contribution in [0.15, 0.2) is 84.9 Å². The van der Waals surface area contributed by atoms with Crippen LogP contribution in [0, 0.1) is 5.82 Å². The Morgan fingerprint density at radius 3 is 1.96 bits per heavy atom. The number of benzene rings is 3. The molecule has 0 fully saturated rings. The van der Waals surface area contributed by atoms with Crippen molar-refractivity contribution in [2.24, 2.45) is 0 Å². The van der Waals surface area contributed by atoms with Gasteiger partial charge in [0.15, 0.2) is 0 Å². The lowest BCUT2D eigenvalue weighted by Gasteiger charge is -2.20. The third-order valence-corrected chi connectivity index (χ3v) is 4.70. The summed E-state index contributed by atoms with van der Waals surface area (Å²) in [4.78, 5) is 0. The second kappa shape index (κ2) is 10.6. The zero-order valence-corrected chi connectivity index (χ0v) is 15.6. The molecular weight excluding hydrogens is 335 g/mol. The maximum Gasteiger partial charge on any atom is 0.123 e. The molecule has 1 unspecified atom stereocenters. The zero-order valence-electron chi connectivity index (χ0n) is 15.6. The normalized spacial score (nSPS) is 12.0. The van der Waals surface area contributed by atoms with Gasteiger partial charge in [0.1, 0.15) is 5.82 Å². The molecule has 0 spiro atoms. The van der Waals surface area contributed by atoms with E-state index < -0.39 is 0 Å². The van der Waals surface area contributed by atoms with Crippen molar-refractivity contribution in [2.45, 2.75) is 18.9 Å². The highest BCUT2D eigenvalue weighted by molar-refractivity contribution is 5.20. The average Bonchev–Trinajstić information content (AvgIpc) is 2.72. The maximum absolute atomic E-state index is 13.0. The number of hydrogen-bond donors (Lipinski definition) is 2. The van der Waals surface area contributed by atoms with Crippen molar-refractivity contribution in [1.82, 2.24) is 10.6 Å². The van der Waals surface area contributed by atoms with E-state index >= 15 is 0 Å². The summed E-state index contributed by atoms with van der Waals surface area (Å²) in [6.07, 6.45) is 1.91. The van der Waals surface area contributed by atoms with Gasteiger partial charge >= 0.3 is 0 Å². The van der Waals surface area contributed by atoms with Crippen LogP contribution in [-0.4, -0.2) is 19.6 Å². The van der Waals surface area contributed by atoms with Gasteiger partial charge in [-0.05, 0) is 54.8 Å². The first-order valence-electron chi connectivity index (χ1n) is 9.59. The minimum absolute atomic E-state index is 0.184. The van der Waals surface area contributed by atoms with Gasteiger partial charge in [-0.15, -0.1) is 0 Å². The Balaban J connectivity index is 1.49. The second-order valence-electron chi connectivity index (χ2n) is 6.73. The molecule has 1 atom stereocenters. The highest BCUT2D eigenvalue weighted by Gasteiger charge is 2.10. The summed E-state index contributed by atoms with van der Waals surface area (Å²) >= 11 is 0. The largest absolute Gasteiger partial charge is 0.315 e. The van der Waals surface area contributed by atoms with Gasteiger partial charge in [-0.1, -0.05) is 72.8 Å². The summed E-state index contributed by atoms with van der Waals surface area (Å²) in [6, 6.07) is 28.1. The lowest BCUT2D eigenvalue weighted by molar-refractivity contribution is 0.493. The van der Waals surface area contributed by atoms with Crippen molar-refractivity contribution >= 4 is 0 Å². The van der Waals surface area contributed by atoms with Gasteiger partial charge < -0.3 is 10.6 Å². The quantitative estimate of drug-likeness (QED) is 0.518. The predicted octanol–water partition coefficient (Wildman–Crippen LogP) is 4.53. The third-order valence-electron chi connectivity index (χ3n) is 4.70. The SMILES string of the molecule is Fc1ccc(CCNC(CNCCc2ccccc2)c2ccccc2)cc1. The molecule has 0 aromatic heterocycles. The van der Waals surface area contributed by atoms with Crippen molar-refractivity contribution in [3.63, 3.8) is 0 Å². The van der Waals surface area contributed by atoms with E-state index in [-0.39, 0.29) is 11.9 Å². The van der Waals surface area contributed by atoms with E-state index in [1.54, 1.807) is 0 Å². The van der Waals surface area contributed by atoms with E-state index in [0.717, 1.165) is 38.0 Å². The Bertz CT molecular complexity index is 772. The molecule has 3 aromatic rings. The van der Waals surface area contributed by atoms with Crippen LogP contribution < -0.4 is 10.6 Å². The molecule has 3 heteroatoms. The Morgan fingerprint density at radius 1 is 0.667 bits per heavy atom. The highest BCUT2D eigenvalue weighted by Crippen LogP contribution is 2.12. The van der Waals surface area contributed by atoms with Crippen LogP contribution in [0.1, 0.15) is 22.7 Å². The Morgan fingerprint density at radius 2 is 1.26 bits per heavy atom. The molecule has 0 saturated heterocycles. The Labute approximate surface area is 161 Å². The van der Waals surface area contributed by atoms with Crippen LogP contribution in [0.2, 0.25) is 0 Å². The van der Waals surface area contributed by atoms with E-state index in [0.29, 0.717) is 0 Å². The van der Waals surface area contributed by atoms with Crippen LogP contribution in [0.5, 0.6) is 0 Å². The molecule has 0 aliphatic rings. The molecule has 3 rings (SSSR count). The van der Waals surface area contributed by atoms with Gasteiger partial charge in [-0.2, -0.15) is 0 Å². The summed E-state index contributed by atoms with van der Waals surface area (Å²) in [7, 11) is 0. The first-order chi connectivity index (χ1) is 13.3. The number of halogens is 1. The topological polar surface area (TPSA) is 24.1 Å². The number of hydrogen-bond acceptors (Lipinski definition) is 2. The van der Waals surface area contributed by atoms with E-state index in [1.807, 2.05) is 24.3 Å². The molecule has 140 valence electrons. The van der Waals surface area contributed by atoms with Crippen LogP contribution in [0.3, 0.4) is 0 Å². The Kier molecular flexibility index (Phi) is 7.57. The fourth-order valence-corrected chi connectivity index (χ4v) is 3.16. The van der Waals surface area contributed by atoms with Crippen molar-refractivity contribution in [3.05, 3.63) is 107 Å². The first kappa shape index (κ1) is 19.3. The van der Waals surface area contributed by atoms with E-state index in [1.165, 1.54) is 23.3 Å². The lowest BCUT2D eigenvalue weighted by Crippen LogP contribution is -2.33. The predicted molar refractivity (Wildman–Crippen MR) is 110 cm³/mol. The zero-order chi connectivity index (χ0) is 18.7. The van der Waals surface area contributed by atoms with Crippen LogP contribution in [0.25, 0.3) is 0 Å². The molecule has 3 aromatic carbocycles. The molecule has 2 N–H and O–H groups in total. The van der Waals surface area contributed by atoms with Gasteiger partial charge in [0, 0.05) is 12.6 Å². The highest BCUT2D eigenvalue weighted by atomic mass is 19.1. The molecular formula is C24H27FN2. The molecule has 0 amide bonds. The van der Waals surface area contributed by atoms with Crippen molar-refractivity contribution in [1.29, 1.82) is 0 Å². The van der Waals surface area contributed by atoms with Gasteiger partial charge in [0.2, 0.25) is 0 Å². The summed E-state index contributed by atoms with van der Waals surface area (Å²) in [6.45, 7) is 2.68. The monoisotopic (exact) mass is 362 g/mol. The van der Waals surface area contributed by atoms with Gasteiger partial charge in [0.25, 0.3) is 0 Å². The molecule has 0 radical (unpaired) electrons. The number of nitrogens with one attached hydrogen (secondary N) is 2. The van der Waals surface area contributed by atoms with Crippen molar-refractivity contribution < 1.29 is 4.39 Å². The van der Waals surface area contributed by atoms with Gasteiger partial charge in [0.05, 0.1) is 0 Å². The molecule has 0 bridgehead atoms. The second-order valence-corrected chi connectivity index (χ2v) is 6.73.